The summed E-state index contributed by atoms with van der Waals surface area (Å²) in [4.78, 5) is 11.8. The molecule has 3 unspecified atom stereocenters. The third-order valence-electron chi connectivity index (χ3n) is 3.72. The first-order chi connectivity index (χ1) is 8.97. The zero-order valence-electron chi connectivity index (χ0n) is 10.6. The van der Waals surface area contributed by atoms with Crippen molar-refractivity contribution < 1.29 is 22.7 Å². The lowest BCUT2D eigenvalue weighted by Gasteiger charge is -2.30. The van der Waals surface area contributed by atoms with Crippen molar-refractivity contribution in [3.63, 3.8) is 0 Å². The molecule has 2 aliphatic heterocycles. The van der Waals surface area contributed by atoms with E-state index < -0.39 is 18.1 Å². The van der Waals surface area contributed by atoms with E-state index in [9.17, 15) is 18.0 Å². The quantitative estimate of drug-likeness (QED) is 0.817. The molecule has 3 atom stereocenters. The number of alkyl halides is 3. The zero-order valence-corrected chi connectivity index (χ0v) is 10.6. The van der Waals surface area contributed by atoms with E-state index in [-0.39, 0.29) is 31.4 Å². The molecule has 1 amide bonds. The molecule has 2 fully saturated rings. The minimum Gasteiger partial charge on any atom is -0.376 e. The number of carbonyl (C=O) groups excluding carboxylic acids is 1. The van der Waals surface area contributed by atoms with Gasteiger partial charge in [-0.2, -0.15) is 13.2 Å². The molecule has 0 aromatic carbocycles. The lowest BCUT2D eigenvalue weighted by atomic mass is 9.94. The molecule has 0 spiro atoms. The molecule has 2 N–H and O–H groups in total. The van der Waals surface area contributed by atoms with Crippen LogP contribution in [0.2, 0.25) is 0 Å². The van der Waals surface area contributed by atoms with Gasteiger partial charge in [-0.15, -0.1) is 0 Å². The van der Waals surface area contributed by atoms with Gasteiger partial charge < -0.3 is 15.4 Å². The highest BCUT2D eigenvalue weighted by molar-refractivity contribution is 5.81. The number of nitrogens with one attached hydrogen (secondary N) is 2. The summed E-state index contributed by atoms with van der Waals surface area (Å²) in [6, 6.07) is -0.514. The molecule has 0 bridgehead atoms. The van der Waals surface area contributed by atoms with Crippen LogP contribution < -0.4 is 10.6 Å². The van der Waals surface area contributed by atoms with Gasteiger partial charge in [-0.1, -0.05) is 0 Å². The van der Waals surface area contributed by atoms with Crippen molar-refractivity contribution in [1.82, 2.24) is 10.6 Å². The van der Waals surface area contributed by atoms with Crippen LogP contribution in [0.15, 0.2) is 0 Å². The minimum atomic E-state index is -4.17. The van der Waals surface area contributed by atoms with Crippen LogP contribution in [-0.2, 0) is 9.53 Å². The summed E-state index contributed by atoms with van der Waals surface area (Å²) in [5.41, 5.74) is 0. The van der Waals surface area contributed by atoms with E-state index in [1.807, 2.05) is 0 Å². The summed E-state index contributed by atoms with van der Waals surface area (Å²) in [7, 11) is 0. The second-order valence-electron chi connectivity index (χ2n) is 5.16. The van der Waals surface area contributed by atoms with Crippen LogP contribution in [0.3, 0.4) is 0 Å². The van der Waals surface area contributed by atoms with Crippen LogP contribution in [0.25, 0.3) is 0 Å². The summed E-state index contributed by atoms with van der Waals surface area (Å²) in [5, 5.41) is 5.42. The SMILES string of the molecule is O=C(NCC1CCCO1)C1CCC(C(F)(F)F)CN1. The van der Waals surface area contributed by atoms with Crippen molar-refractivity contribution in [3.8, 4) is 0 Å². The second-order valence-corrected chi connectivity index (χ2v) is 5.16. The van der Waals surface area contributed by atoms with E-state index in [1.165, 1.54) is 0 Å². The maximum atomic E-state index is 12.5. The van der Waals surface area contributed by atoms with Crippen LogP contribution in [0.5, 0.6) is 0 Å². The summed E-state index contributed by atoms with van der Waals surface area (Å²) in [5.74, 6) is -1.56. The van der Waals surface area contributed by atoms with E-state index in [2.05, 4.69) is 10.6 Å². The van der Waals surface area contributed by atoms with Gasteiger partial charge in [-0.05, 0) is 25.7 Å². The fourth-order valence-electron chi connectivity index (χ4n) is 2.50. The van der Waals surface area contributed by atoms with Crippen LogP contribution in [-0.4, -0.2) is 43.9 Å². The number of amides is 1. The zero-order chi connectivity index (χ0) is 13.9. The van der Waals surface area contributed by atoms with Crippen molar-refractivity contribution in [2.24, 2.45) is 5.92 Å². The lowest BCUT2D eigenvalue weighted by Crippen LogP contribution is -2.52. The first kappa shape index (κ1) is 14.6. The van der Waals surface area contributed by atoms with Gasteiger partial charge in [0, 0.05) is 19.7 Å². The maximum absolute atomic E-state index is 12.5. The molecule has 2 rings (SSSR count). The molecule has 19 heavy (non-hydrogen) atoms. The minimum absolute atomic E-state index is 0.00845. The van der Waals surface area contributed by atoms with Crippen molar-refractivity contribution in [2.45, 2.75) is 44.0 Å². The van der Waals surface area contributed by atoms with Crippen LogP contribution in [0, 0.1) is 5.92 Å². The van der Waals surface area contributed by atoms with Gasteiger partial charge in [-0.3, -0.25) is 4.79 Å². The number of carbonyl (C=O) groups is 1. The summed E-state index contributed by atoms with van der Waals surface area (Å²) in [6.07, 6.45) is -1.97. The highest BCUT2D eigenvalue weighted by Gasteiger charge is 2.42. The summed E-state index contributed by atoms with van der Waals surface area (Å²) in [6.45, 7) is 0.983. The van der Waals surface area contributed by atoms with Crippen molar-refractivity contribution in [1.29, 1.82) is 0 Å². The fraction of sp³-hybridized carbons (Fsp3) is 0.917. The van der Waals surface area contributed by atoms with E-state index in [0.29, 0.717) is 6.54 Å². The molecule has 0 aliphatic carbocycles. The van der Waals surface area contributed by atoms with Gasteiger partial charge >= 0.3 is 6.18 Å². The Balaban J connectivity index is 1.70. The highest BCUT2D eigenvalue weighted by Crippen LogP contribution is 2.31. The third kappa shape index (κ3) is 4.07. The second kappa shape index (κ2) is 6.09. The number of hydrogen-bond donors (Lipinski definition) is 2. The Bertz CT molecular complexity index is 309. The molecule has 4 nitrogen and oxygen atoms in total. The molecule has 2 heterocycles. The van der Waals surface area contributed by atoms with Gasteiger partial charge in [0.25, 0.3) is 0 Å². The number of ether oxygens (including phenoxy) is 1. The average Bonchev–Trinajstić information content (AvgIpc) is 2.88. The lowest BCUT2D eigenvalue weighted by molar-refractivity contribution is -0.180. The molecular weight excluding hydrogens is 261 g/mol. The standard InChI is InChI=1S/C12H19F3N2O2/c13-12(14,15)8-3-4-10(16-6-8)11(18)17-7-9-2-1-5-19-9/h8-10,16H,1-7H2,(H,17,18). The predicted octanol–water partition coefficient (Wildman–Crippen LogP) is 1.21. The van der Waals surface area contributed by atoms with Crippen molar-refractivity contribution >= 4 is 5.91 Å². The van der Waals surface area contributed by atoms with Crippen LogP contribution in [0.4, 0.5) is 13.2 Å². The van der Waals surface area contributed by atoms with Crippen molar-refractivity contribution in [3.05, 3.63) is 0 Å². The molecule has 110 valence electrons. The first-order valence-corrected chi connectivity index (χ1v) is 6.66. The molecule has 0 aromatic heterocycles. The molecule has 0 aromatic rings. The Morgan fingerprint density at radius 2 is 2.11 bits per heavy atom. The predicted molar refractivity (Wildman–Crippen MR) is 62.6 cm³/mol. The fourth-order valence-corrected chi connectivity index (χ4v) is 2.50. The third-order valence-corrected chi connectivity index (χ3v) is 3.72. The number of halogens is 3. The number of rotatable bonds is 3. The Morgan fingerprint density at radius 1 is 1.32 bits per heavy atom. The number of hydrogen-bond acceptors (Lipinski definition) is 3. The highest BCUT2D eigenvalue weighted by atomic mass is 19.4. The van der Waals surface area contributed by atoms with E-state index in [0.717, 1.165) is 19.4 Å². The van der Waals surface area contributed by atoms with Gasteiger partial charge in [0.15, 0.2) is 0 Å². The maximum Gasteiger partial charge on any atom is 0.393 e. The van der Waals surface area contributed by atoms with Crippen LogP contribution in [0.1, 0.15) is 25.7 Å². The number of piperidine rings is 1. The smallest absolute Gasteiger partial charge is 0.376 e. The molecule has 7 heteroatoms. The Kier molecular flexibility index (Phi) is 4.67. The Morgan fingerprint density at radius 3 is 2.63 bits per heavy atom. The monoisotopic (exact) mass is 280 g/mol. The topological polar surface area (TPSA) is 50.4 Å². The van der Waals surface area contributed by atoms with Gasteiger partial charge in [-0.25, -0.2) is 0 Å². The molecular formula is C12H19F3N2O2. The Labute approximate surface area is 110 Å². The summed E-state index contributed by atoms with van der Waals surface area (Å²) < 4.78 is 42.8. The van der Waals surface area contributed by atoms with E-state index in [4.69, 9.17) is 4.74 Å². The van der Waals surface area contributed by atoms with E-state index >= 15 is 0 Å². The van der Waals surface area contributed by atoms with Crippen LogP contribution >= 0.6 is 0 Å². The van der Waals surface area contributed by atoms with Crippen molar-refractivity contribution in [2.75, 3.05) is 19.7 Å². The molecule has 0 saturated carbocycles. The van der Waals surface area contributed by atoms with Gasteiger partial charge in [0.2, 0.25) is 5.91 Å². The molecule has 2 aliphatic rings. The molecule has 2 saturated heterocycles. The largest absolute Gasteiger partial charge is 0.393 e. The average molecular weight is 280 g/mol. The van der Waals surface area contributed by atoms with E-state index in [1.54, 1.807) is 0 Å². The summed E-state index contributed by atoms with van der Waals surface area (Å²) >= 11 is 0. The van der Waals surface area contributed by atoms with Gasteiger partial charge in [0.05, 0.1) is 18.1 Å². The molecule has 0 radical (unpaired) electrons. The van der Waals surface area contributed by atoms with Gasteiger partial charge in [0.1, 0.15) is 0 Å². The normalized spacial score (nSPS) is 32.3. The first-order valence-electron chi connectivity index (χ1n) is 6.66. The Hall–Kier alpha value is -0.820.